The van der Waals surface area contributed by atoms with Crippen molar-refractivity contribution in [3.63, 3.8) is 0 Å². The summed E-state index contributed by atoms with van der Waals surface area (Å²) in [5.41, 5.74) is 0. The van der Waals surface area contributed by atoms with Crippen LogP contribution in [0, 0.1) is 17.8 Å². The van der Waals surface area contributed by atoms with Crippen molar-refractivity contribution < 1.29 is 28.6 Å². The van der Waals surface area contributed by atoms with Gasteiger partial charge >= 0.3 is 17.9 Å². The summed E-state index contributed by atoms with van der Waals surface area (Å²) in [7, 11) is 0. The molecule has 0 aliphatic carbocycles. The Kier molecular flexibility index (Phi) is 42.3. The third-order valence-corrected chi connectivity index (χ3v) is 11.6. The van der Waals surface area contributed by atoms with E-state index in [2.05, 4.69) is 41.5 Å². The fourth-order valence-electron chi connectivity index (χ4n) is 7.76. The molecule has 344 valence electrons. The van der Waals surface area contributed by atoms with E-state index in [0.717, 1.165) is 75.5 Å². The number of ether oxygens (including phenoxy) is 3. The van der Waals surface area contributed by atoms with Crippen LogP contribution in [0.1, 0.15) is 279 Å². The summed E-state index contributed by atoms with van der Waals surface area (Å²) >= 11 is 0. The molecular formula is C52H100O6. The quantitative estimate of drug-likeness (QED) is 0.0346. The van der Waals surface area contributed by atoms with E-state index < -0.39 is 6.10 Å². The highest BCUT2D eigenvalue weighted by Crippen LogP contribution is 2.17. The van der Waals surface area contributed by atoms with Crippen molar-refractivity contribution in [2.45, 2.75) is 285 Å². The smallest absolute Gasteiger partial charge is 0.306 e. The minimum atomic E-state index is -0.763. The van der Waals surface area contributed by atoms with Gasteiger partial charge in [-0.15, -0.1) is 0 Å². The minimum Gasteiger partial charge on any atom is -0.462 e. The van der Waals surface area contributed by atoms with Gasteiger partial charge in [0.25, 0.3) is 0 Å². The Morgan fingerprint density at radius 1 is 0.293 bits per heavy atom. The number of hydrogen-bond donors (Lipinski definition) is 0. The lowest BCUT2D eigenvalue weighted by atomic mass is 10.0. The van der Waals surface area contributed by atoms with E-state index >= 15 is 0 Å². The van der Waals surface area contributed by atoms with Crippen LogP contribution in [-0.2, 0) is 28.6 Å². The molecule has 0 fully saturated rings. The summed E-state index contributed by atoms with van der Waals surface area (Å²) in [6.45, 7) is 13.7. The number of hydrogen-bond acceptors (Lipinski definition) is 6. The lowest BCUT2D eigenvalue weighted by molar-refractivity contribution is -0.167. The Bertz CT molecular complexity index is 898. The molecule has 0 aromatic carbocycles. The molecule has 0 aliphatic heterocycles. The molecule has 0 aromatic heterocycles. The second-order valence-corrected chi connectivity index (χ2v) is 19.2. The lowest BCUT2D eigenvalue weighted by Crippen LogP contribution is -2.30. The summed E-state index contributed by atoms with van der Waals surface area (Å²) in [6.07, 6.45) is 42.4. The molecule has 0 amide bonds. The summed E-state index contributed by atoms with van der Waals surface area (Å²) in [6, 6.07) is 0. The molecule has 0 bridgehead atoms. The van der Waals surface area contributed by atoms with E-state index in [0.29, 0.717) is 19.3 Å². The average molecular weight is 821 g/mol. The highest BCUT2D eigenvalue weighted by molar-refractivity contribution is 5.71. The van der Waals surface area contributed by atoms with E-state index in [-0.39, 0.29) is 31.1 Å². The lowest BCUT2D eigenvalue weighted by Gasteiger charge is -2.18. The topological polar surface area (TPSA) is 78.9 Å². The Balaban J connectivity index is 4.29. The molecular weight excluding hydrogens is 721 g/mol. The van der Waals surface area contributed by atoms with Crippen molar-refractivity contribution >= 4 is 17.9 Å². The van der Waals surface area contributed by atoms with Crippen LogP contribution in [0.3, 0.4) is 0 Å². The average Bonchev–Trinajstić information content (AvgIpc) is 3.18. The van der Waals surface area contributed by atoms with E-state index in [4.69, 9.17) is 14.2 Å². The zero-order chi connectivity index (χ0) is 42.7. The van der Waals surface area contributed by atoms with Crippen molar-refractivity contribution in [3.8, 4) is 0 Å². The largest absolute Gasteiger partial charge is 0.462 e. The van der Waals surface area contributed by atoms with Crippen LogP contribution in [0.25, 0.3) is 0 Å². The van der Waals surface area contributed by atoms with E-state index in [1.165, 1.54) is 161 Å². The fourth-order valence-corrected chi connectivity index (χ4v) is 7.76. The van der Waals surface area contributed by atoms with Crippen molar-refractivity contribution in [2.75, 3.05) is 13.2 Å². The molecule has 0 rings (SSSR count). The van der Waals surface area contributed by atoms with Gasteiger partial charge in [-0.3, -0.25) is 14.4 Å². The first kappa shape index (κ1) is 56.4. The first-order valence-corrected chi connectivity index (χ1v) is 25.6. The zero-order valence-corrected chi connectivity index (χ0v) is 39.8. The van der Waals surface area contributed by atoms with Crippen LogP contribution >= 0.6 is 0 Å². The number of rotatable bonds is 45. The molecule has 0 unspecified atom stereocenters. The van der Waals surface area contributed by atoms with Crippen LogP contribution in [-0.4, -0.2) is 37.2 Å². The van der Waals surface area contributed by atoms with Crippen LogP contribution < -0.4 is 0 Å². The second-order valence-electron chi connectivity index (χ2n) is 19.2. The summed E-state index contributed by atoms with van der Waals surface area (Å²) in [5.74, 6) is 1.59. The second kappa shape index (κ2) is 43.5. The van der Waals surface area contributed by atoms with Gasteiger partial charge in [0.2, 0.25) is 0 Å². The highest BCUT2D eigenvalue weighted by atomic mass is 16.6. The first-order chi connectivity index (χ1) is 28.1. The van der Waals surface area contributed by atoms with Crippen LogP contribution in [0.15, 0.2) is 0 Å². The van der Waals surface area contributed by atoms with E-state index in [9.17, 15) is 14.4 Å². The molecule has 6 nitrogen and oxygen atoms in total. The Hall–Kier alpha value is -1.59. The third kappa shape index (κ3) is 45.5. The predicted octanol–water partition coefficient (Wildman–Crippen LogP) is 16.4. The minimum absolute atomic E-state index is 0.0653. The summed E-state index contributed by atoms with van der Waals surface area (Å²) in [5, 5.41) is 0. The highest BCUT2D eigenvalue weighted by Gasteiger charge is 2.19. The van der Waals surface area contributed by atoms with Gasteiger partial charge in [0.05, 0.1) is 0 Å². The van der Waals surface area contributed by atoms with Gasteiger partial charge < -0.3 is 14.2 Å². The molecule has 1 atom stereocenters. The first-order valence-electron chi connectivity index (χ1n) is 25.6. The van der Waals surface area contributed by atoms with E-state index in [1.54, 1.807) is 0 Å². The van der Waals surface area contributed by atoms with Gasteiger partial charge in [0.15, 0.2) is 6.10 Å². The van der Waals surface area contributed by atoms with Crippen LogP contribution in [0.2, 0.25) is 0 Å². The SMILES string of the molecule is CC(C)CCCCCCCCCCCCCCCCC(=O)O[C@H](COC(=O)CCCCCCCCCCCCC(C)C)COC(=O)CCCCCCCCCC(C)C. The number of carbonyl (C=O) groups excluding carboxylic acids is 3. The maximum atomic E-state index is 12.8. The van der Waals surface area contributed by atoms with Crippen molar-refractivity contribution in [3.05, 3.63) is 0 Å². The van der Waals surface area contributed by atoms with E-state index in [1.807, 2.05) is 0 Å². The molecule has 0 aliphatic rings. The molecule has 58 heavy (non-hydrogen) atoms. The molecule has 6 heteroatoms. The van der Waals surface area contributed by atoms with Crippen molar-refractivity contribution in [1.82, 2.24) is 0 Å². The molecule has 0 aromatic rings. The van der Waals surface area contributed by atoms with Gasteiger partial charge in [-0.1, -0.05) is 241 Å². The number of unbranched alkanes of at least 4 members (excludes halogenated alkanes) is 28. The third-order valence-electron chi connectivity index (χ3n) is 11.6. The standard InChI is InChI=1S/C52H100O6/c1-46(2)38-32-26-20-15-11-9-7-8-10-12-18-24-31-37-43-52(55)58-49(45-57-51(54)42-36-30-25-19-22-28-34-40-48(5)6)44-56-50(53)41-35-29-23-17-14-13-16-21-27-33-39-47(3)4/h46-49H,7-45H2,1-6H3/t49-/m1/s1. The Morgan fingerprint density at radius 2 is 0.500 bits per heavy atom. The van der Waals surface area contributed by atoms with Gasteiger partial charge in [-0.25, -0.2) is 0 Å². The summed E-state index contributed by atoms with van der Waals surface area (Å²) in [4.78, 5) is 37.9. The van der Waals surface area contributed by atoms with Crippen LogP contribution in [0.5, 0.6) is 0 Å². The maximum absolute atomic E-state index is 12.8. The van der Waals surface area contributed by atoms with Crippen molar-refractivity contribution in [1.29, 1.82) is 0 Å². The maximum Gasteiger partial charge on any atom is 0.306 e. The molecule has 0 N–H and O–H groups in total. The van der Waals surface area contributed by atoms with Gasteiger partial charge in [0, 0.05) is 19.3 Å². The van der Waals surface area contributed by atoms with Gasteiger partial charge in [-0.05, 0) is 37.0 Å². The Labute approximate surface area is 361 Å². The molecule has 0 spiro atoms. The Morgan fingerprint density at radius 3 is 0.741 bits per heavy atom. The molecule has 0 heterocycles. The van der Waals surface area contributed by atoms with Crippen molar-refractivity contribution in [2.24, 2.45) is 17.8 Å². The normalized spacial score (nSPS) is 12.2. The van der Waals surface area contributed by atoms with Gasteiger partial charge in [0.1, 0.15) is 13.2 Å². The summed E-state index contributed by atoms with van der Waals surface area (Å²) < 4.78 is 16.8. The zero-order valence-electron chi connectivity index (χ0n) is 39.8. The molecule has 0 saturated carbocycles. The van der Waals surface area contributed by atoms with Gasteiger partial charge in [-0.2, -0.15) is 0 Å². The monoisotopic (exact) mass is 821 g/mol. The molecule has 0 saturated heterocycles. The fraction of sp³-hybridized carbons (Fsp3) is 0.942. The number of carbonyl (C=O) groups is 3. The predicted molar refractivity (Wildman–Crippen MR) is 247 cm³/mol. The van der Waals surface area contributed by atoms with Crippen LogP contribution in [0.4, 0.5) is 0 Å². The number of esters is 3. The molecule has 0 radical (unpaired) electrons.